The summed E-state index contributed by atoms with van der Waals surface area (Å²) in [6.45, 7) is 2.40. The van der Waals surface area contributed by atoms with Gasteiger partial charge >= 0.3 is 12.0 Å². The number of piperidine rings is 1. The molecule has 2 aliphatic heterocycles. The van der Waals surface area contributed by atoms with E-state index < -0.39 is 12.0 Å². The van der Waals surface area contributed by atoms with Crippen LogP contribution in [0.4, 0.5) is 4.79 Å². The van der Waals surface area contributed by atoms with Crippen LogP contribution in [-0.2, 0) is 4.79 Å². The maximum Gasteiger partial charge on any atom is 0.326 e. The number of nitrogens with zero attached hydrogens (tertiary/aromatic N) is 2. The molecule has 0 spiro atoms. The van der Waals surface area contributed by atoms with Crippen LogP contribution >= 0.6 is 0 Å². The van der Waals surface area contributed by atoms with Crippen LogP contribution in [0, 0.1) is 0 Å². The third-order valence-electron chi connectivity index (χ3n) is 3.94. The van der Waals surface area contributed by atoms with Crippen LogP contribution in [0.2, 0.25) is 0 Å². The monoisotopic (exact) mass is 255 g/mol. The van der Waals surface area contributed by atoms with Crippen molar-refractivity contribution in [2.75, 3.05) is 26.7 Å². The number of nitrogens with one attached hydrogen (secondary N) is 1. The van der Waals surface area contributed by atoms with Gasteiger partial charge < -0.3 is 20.2 Å². The van der Waals surface area contributed by atoms with Crippen LogP contribution < -0.4 is 5.32 Å². The third-order valence-corrected chi connectivity index (χ3v) is 3.94. The SMILES string of the molecule is CN(C(=O)N1CCC[C@H]1C(=O)O)C1CCNCC1. The van der Waals surface area contributed by atoms with Crippen molar-refractivity contribution >= 4 is 12.0 Å². The number of amides is 2. The lowest BCUT2D eigenvalue weighted by molar-refractivity contribution is -0.141. The molecule has 102 valence electrons. The Kier molecular flexibility index (Phi) is 4.06. The first-order chi connectivity index (χ1) is 8.61. The van der Waals surface area contributed by atoms with E-state index in [1.54, 1.807) is 11.9 Å². The van der Waals surface area contributed by atoms with Crippen LogP contribution in [0.3, 0.4) is 0 Å². The van der Waals surface area contributed by atoms with Gasteiger partial charge in [-0.15, -0.1) is 0 Å². The fourth-order valence-electron chi connectivity index (χ4n) is 2.81. The number of carboxylic acid groups (broad SMARTS) is 1. The molecule has 2 saturated heterocycles. The van der Waals surface area contributed by atoms with Crippen LogP contribution in [0.25, 0.3) is 0 Å². The summed E-state index contributed by atoms with van der Waals surface area (Å²) < 4.78 is 0. The van der Waals surface area contributed by atoms with E-state index in [2.05, 4.69) is 5.32 Å². The molecule has 6 nitrogen and oxygen atoms in total. The minimum absolute atomic E-state index is 0.133. The summed E-state index contributed by atoms with van der Waals surface area (Å²) in [5, 5.41) is 12.4. The lowest BCUT2D eigenvalue weighted by Gasteiger charge is -2.35. The van der Waals surface area contributed by atoms with E-state index in [0.717, 1.165) is 32.4 Å². The van der Waals surface area contributed by atoms with Gasteiger partial charge in [0.25, 0.3) is 0 Å². The zero-order chi connectivity index (χ0) is 13.1. The smallest absolute Gasteiger partial charge is 0.326 e. The Morgan fingerprint density at radius 1 is 1.28 bits per heavy atom. The molecule has 0 radical (unpaired) electrons. The number of carbonyl (C=O) groups is 2. The normalized spacial score (nSPS) is 25.2. The van der Waals surface area contributed by atoms with E-state index in [4.69, 9.17) is 5.11 Å². The van der Waals surface area contributed by atoms with E-state index in [1.807, 2.05) is 0 Å². The van der Waals surface area contributed by atoms with Crippen molar-refractivity contribution in [3.8, 4) is 0 Å². The number of hydrogen-bond donors (Lipinski definition) is 2. The maximum atomic E-state index is 12.3. The Hall–Kier alpha value is -1.30. The lowest BCUT2D eigenvalue weighted by atomic mass is 10.1. The summed E-state index contributed by atoms with van der Waals surface area (Å²) >= 11 is 0. The van der Waals surface area contributed by atoms with Crippen molar-refractivity contribution in [1.82, 2.24) is 15.1 Å². The number of rotatable bonds is 2. The molecule has 0 aliphatic carbocycles. The van der Waals surface area contributed by atoms with Crippen LogP contribution in [0.1, 0.15) is 25.7 Å². The molecule has 2 amide bonds. The largest absolute Gasteiger partial charge is 0.480 e. The van der Waals surface area contributed by atoms with Gasteiger partial charge in [0.2, 0.25) is 0 Å². The van der Waals surface area contributed by atoms with E-state index in [-0.39, 0.29) is 12.1 Å². The number of hydrogen-bond acceptors (Lipinski definition) is 3. The Morgan fingerprint density at radius 2 is 1.94 bits per heavy atom. The molecule has 2 N–H and O–H groups in total. The highest BCUT2D eigenvalue weighted by Gasteiger charge is 2.36. The topological polar surface area (TPSA) is 72.9 Å². The predicted octanol–water partition coefficient (Wildman–Crippen LogP) is 0.339. The Balaban J connectivity index is 1.99. The highest BCUT2D eigenvalue weighted by atomic mass is 16.4. The number of urea groups is 1. The van der Waals surface area contributed by atoms with Gasteiger partial charge in [-0.05, 0) is 38.8 Å². The van der Waals surface area contributed by atoms with Crippen LogP contribution in [0.5, 0.6) is 0 Å². The fourth-order valence-corrected chi connectivity index (χ4v) is 2.81. The molecule has 2 fully saturated rings. The van der Waals surface area contributed by atoms with E-state index in [1.165, 1.54) is 4.90 Å². The molecule has 2 aliphatic rings. The van der Waals surface area contributed by atoms with Gasteiger partial charge in [-0.25, -0.2) is 9.59 Å². The van der Waals surface area contributed by atoms with Gasteiger partial charge in [0.1, 0.15) is 6.04 Å². The minimum Gasteiger partial charge on any atom is -0.480 e. The molecular weight excluding hydrogens is 234 g/mol. The van der Waals surface area contributed by atoms with E-state index in [9.17, 15) is 9.59 Å². The average Bonchev–Trinajstić information content (AvgIpc) is 2.87. The Labute approximate surface area is 107 Å². The second-order valence-corrected chi connectivity index (χ2v) is 5.06. The second kappa shape index (κ2) is 5.56. The minimum atomic E-state index is -0.889. The molecule has 0 unspecified atom stereocenters. The fraction of sp³-hybridized carbons (Fsp3) is 0.833. The van der Waals surface area contributed by atoms with Crippen molar-refractivity contribution < 1.29 is 14.7 Å². The first-order valence-electron chi connectivity index (χ1n) is 6.58. The Morgan fingerprint density at radius 3 is 2.56 bits per heavy atom. The van der Waals surface area contributed by atoms with Crippen LogP contribution in [-0.4, -0.2) is 65.7 Å². The summed E-state index contributed by atoms with van der Waals surface area (Å²) in [5.41, 5.74) is 0. The van der Waals surface area contributed by atoms with Crippen LogP contribution in [0.15, 0.2) is 0 Å². The molecule has 0 saturated carbocycles. The predicted molar refractivity (Wildman–Crippen MR) is 66.4 cm³/mol. The van der Waals surface area contributed by atoms with Gasteiger partial charge in [0, 0.05) is 19.6 Å². The molecule has 18 heavy (non-hydrogen) atoms. The number of carbonyl (C=O) groups excluding carboxylic acids is 1. The third kappa shape index (κ3) is 2.58. The van der Waals surface area contributed by atoms with Gasteiger partial charge in [-0.3, -0.25) is 0 Å². The molecule has 0 aromatic rings. The standard InChI is InChI=1S/C12H21N3O3/c1-14(9-4-6-13-7-5-9)12(18)15-8-2-3-10(15)11(16)17/h9-10,13H,2-8H2,1H3,(H,16,17)/t10-/m0/s1. The molecule has 2 heterocycles. The van der Waals surface area contributed by atoms with Crippen molar-refractivity contribution in [1.29, 1.82) is 0 Å². The first kappa shape index (κ1) is 13.1. The average molecular weight is 255 g/mol. The van der Waals surface area contributed by atoms with Gasteiger partial charge in [-0.2, -0.15) is 0 Å². The molecule has 0 bridgehead atoms. The summed E-state index contributed by atoms with van der Waals surface area (Å²) in [6, 6.07) is -0.540. The highest BCUT2D eigenvalue weighted by molar-refractivity contribution is 5.83. The van der Waals surface area contributed by atoms with Crippen molar-refractivity contribution in [2.45, 2.75) is 37.8 Å². The number of aliphatic carboxylic acids is 1. The summed E-state index contributed by atoms with van der Waals surface area (Å²) in [4.78, 5) is 26.6. The maximum absolute atomic E-state index is 12.3. The van der Waals surface area contributed by atoms with Gasteiger partial charge in [-0.1, -0.05) is 0 Å². The summed E-state index contributed by atoms with van der Waals surface area (Å²) in [7, 11) is 1.79. The Bertz CT molecular complexity index is 329. The highest BCUT2D eigenvalue weighted by Crippen LogP contribution is 2.21. The van der Waals surface area contributed by atoms with E-state index >= 15 is 0 Å². The summed E-state index contributed by atoms with van der Waals surface area (Å²) in [5.74, 6) is -0.889. The quantitative estimate of drug-likeness (QED) is 0.746. The van der Waals surface area contributed by atoms with Crippen molar-refractivity contribution in [3.63, 3.8) is 0 Å². The number of likely N-dealkylation sites (tertiary alicyclic amines) is 1. The molecule has 0 aromatic heterocycles. The number of carboxylic acids is 1. The van der Waals surface area contributed by atoms with Crippen molar-refractivity contribution in [2.24, 2.45) is 0 Å². The molecule has 0 aromatic carbocycles. The zero-order valence-corrected chi connectivity index (χ0v) is 10.8. The molecular formula is C12H21N3O3. The first-order valence-corrected chi connectivity index (χ1v) is 6.58. The molecule has 6 heteroatoms. The zero-order valence-electron chi connectivity index (χ0n) is 10.8. The lowest BCUT2D eigenvalue weighted by Crippen LogP contribution is -2.52. The molecule has 2 rings (SSSR count). The summed E-state index contributed by atoms with van der Waals surface area (Å²) in [6.07, 6.45) is 3.23. The van der Waals surface area contributed by atoms with E-state index in [0.29, 0.717) is 13.0 Å². The second-order valence-electron chi connectivity index (χ2n) is 5.06. The van der Waals surface area contributed by atoms with Gasteiger partial charge in [0.05, 0.1) is 0 Å². The van der Waals surface area contributed by atoms with Crippen molar-refractivity contribution in [3.05, 3.63) is 0 Å². The van der Waals surface area contributed by atoms with Gasteiger partial charge in [0.15, 0.2) is 0 Å². The molecule has 1 atom stereocenters.